The lowest BCUT2D eigenvalue weighted by Crippen LogP contribution is -2.40. The standard InChI is InChI=1S/C19H23ClN2O3S2/c1-19(2,3)21-27(24,25)17-12-13(8-9-14(17)20)18(23)22-10-4-6-15(22)16-7-5-11-26-16/h5,7-9,11-12,15,21H,4,6,10H2,1-3H3. The molecule has 1 aliphatic rings. The van der Waals surface area contributed by atoms with E-state index in [0.717, 1.165) is 17.7 Å². The molecule has 1 saturated heterocycles. The average Bonchev–Trinajstić information content (AvgIpc) is 3.23. The van der Waals surface area contributed by atoms with Gasteiger partial charge in [-0.05, 0) is 63.3 Å². The number of benzene rings is 1. The monoisotopic (exact) mass is 426 g/mol. The summed E-state index contributed by atoms with van der Waals surface area (Å²) in [6, 6.07) is 8.49. The van der Waals surface area contributed by atoms with Crippen molar-refractivity contribution in [1.29, 1.82) is 0 Å². The van der Waals surface area contributed by atoms with Gasteiger partial charge in [0.05, 0.1) is 11.1 Å². The summed E-state index contributed by atoms with van der Waals surface area (Å²) in [7, 11) is -3.84. The van der Waals surface area contributed by atoms with E-state index in [1.165, 1.54) is 12.1 Å². The van der Waals surface area contributed by atoms with Crippen molar-refractivity contribution in [3.8, 4) is 0 Å². The van der Waals surface area contributed by atoms with E-state index in [2.05, 4.69) is 4.72 Å². The summed E-state index contributed by atoms with van der Waals surface area (Å²) in [6.45, 7) is 5.92. The van der Waals surface area contributed by atoms with Gasteiger partial charge in [-0.3, -0.25) is 4.79 Å². The van der Waals surface area contributed by atoms with Crippen LogP contribution < -0.4 is 4.72 Å². The fourth-order valence-corrected chi connectivity index (χ4v) is 6.07. The number of thiophene rings is 1. The number of carbonyl (C=O) groups is 1. The molecule has 1 fully saturated rings. The molecule has 0 aliphatic carbocycles. The number of hydrogen-bond donors (Lipinski definition) is 1. The summed E-state index contributed by atoms with van der Waals surface area (Å²) in [4.78, 5) is 16.0. The molecule has 0 saturated carbocycles. The maximum Gasteiger partial charge on any atom is 0.254 e. The summed E-state index contributed by atoms with van der Waals surface area (Å²) < 4.78 is 28.0. The van der Waals surface area contributed by atoms with E-state index in [9.17, 15) is 13.2 Å². The first kappa shape index (κ1) is 20.3. The number of nitrogens with zero attached hydrogens (tertiary/aromatic N) is 1. The zero-order chi connectivity index (χ0) is 19.8. The average molecular weight is 427 g/mol. The van der Waals surface area contributed by atoms with Gasteiger partial charge in [-0.1, -0.05) is 17.7 Å². The third-order valence-corrected chi connectivity index (χ3v) is 7.51. The van der Waals surface area contributed by atoms with Crippen LogP contribution in [0.1, 0.15) is 54.9 Å². The highest BCUT2D eigenvalue weighted by Gasteiger charge is 2.32. The minimum atomic E-state index is -3.84. The Labute approximate surface area is 169 Å². The first-order valence-electron chi connectivity index (χ1n) is 8.76. The zero-order valence-corrected chi connectivity index (χ0v) is 17.9. The molecule has 1 N–H and O–H groups in total. The fourth-order valence-electron chi connectivity index (χ4n) is 3.25. The van der Waals surface area contributed by atoms with Crippen molar-refractivity contribution in [2.75, 3.05) is 6.54 Å². The van der Waals surface area contributed by atoms with Crippen molar-refractivity contribution in [1.82, 2.24) is 9.62 Å². The van der Waals surface area contributed by atoms with Gasteiger partial charge in [0.2, 0.25) is 10.0 Å². The number of rotatable bonds is 4. The Kier molecular flexibility index (Phi) is 5.68. The molecule has 1 amide bonds. The number of amides is 1. The minimum absolute atomic E-state index is 0.0425. The van der Waals surface area contributed by atoms with Crippen LogP contribution in [-0.2, 0) is 10.0 Å². The van der Waals surface area contributed by atoms with Crippen LogP contribution >= 0.6 is 22.9 Å². The Morgan fingerprint density at radius 2 is 2.04 bits per heavy atom. The van der Waals surface area contributed by atoms with E-state index in [4.69, 9.17) is 11.6 Å². The third kappa shape index (κ3) is 4.54. The molecule has 8 heteroatoms. The van der Waals surface area contributed by atoms with Crippen LogP contribution in [0.25, 0.3) is 0 Å². The second kappa shape index (κ2) is 7.54. The van der Waals surface area contributed by atoms with Gasteiger partial charge in [-0.25, -0.2) is 13.1 Å². The smallest absolute Gasteiger partial charge is 0.254 e. The number of sulfonamides is 1. The van der Waals surface area contributed by atoms with Gasteiger partial charge in [0, 0.05) is 22.5 Å². The molecule has 2 heterocycles. The van der Waals surface area contributed by atoms with Crippen LogP contribution in [0.3, 0.4) is 0 Å². The number of likely N-dealkylation sites (tertiary alicyclic amines) is 1. The number of carbonyl (C=O) groups excluding carboxylic acids is 1. The molecule has 0 spiro atoms. The molecule has 1 aliphatic heterocycles. The second-order valence-electron chi connectivity index (χ2n) is 7.67. The highest BCUT2D eigenvalue weighted by Crippen LogP contribution is 2.36. The van der Waals surface area contributed by atoms with Crippen LogP contribution in [0.2, 0.25) is 5.02 Å². The SMILES string of the molecule is CC(C)(C)NS(=O)(=O)c1cc(C(=O)N2CCCC2c2cccs2)ccc1Cl. The van der Waals surface area contributed by atoms with Gasteiger partial charge >= 0.3 is 0 Å². The molecule has 146 valence electrons. The highest BCUT2D eigenvalue weighted by atomic mass is 35.5. The van der Waals surface area contributed by atoms with Crippen LogP contribution in [0, 0.1) is 0 Å². The van der Waals surface area contributed by atoms with Gasteiger partial charge in [0.1, 0.15) is 4.90 Å². The molecule has 1 aromatic heterocycles. The molecule has 27 heavy (non-hydrogen) atoms. The largest absolute Gasteiger partial charge is 0.331 e. The maximum atomic E-state index is 13.1. The fraction of sp³-hybridized carbons (Fsp3) is 0.421. The van der Waals surface area contributed by atoms with Gasteiger partial charge < -0.3 is 4.90 Å². The maximum absolute atomic E-state index is 13.1. The Morgan fingerprint density at radius 3 is 2.67 bits per heavy atom. The lowest BCUT2D eigenvalue weighted by molar-refractivity contribution is 0.0737. The lowest BCUT2D eigenvalue weighted by atomic mass is 10.1. The number of hydrogen-bond acceptors (Lipinski definition) is 4. The predicted molar refractivity (Wildman–Crippen MR) is 109 cm³/mol. The Bertz CT molecular complexity index is 934. The summed E-state index contributed by atoms with van der Waals surface area (Å²) in [5.41, 5.74) is -0.321. The molecule has 1 atom stereocenters. The van der Waals surface area contributed by atoms with Crippen molar-refractivity contribution in [2.24, 2.45) is 0 Å². The van der Waals surface area contributed by atoms with Crippen molar-refractivity contribution < 1.29 is 13.2 Å². The quantitative estimate of drug-likeness (QED) is 0.785. The topological polar surface area (TPSA) is 66.5 Å². The van der Waals surface area contributed by atoms with Gasteiger partial charge in [-0.2, -0.15) is 0 Å². The van der Waals surface area contributed by atoms with Crippen molar-refractivity contribution in [3.05, 3.63) is 51.2 Å². The van der Waals surface area contributed by atoms with E-state index >= 15 is 0 Å². The summed E-state index contributed by atoms with van der Waals surface area (Å²) in [6.07, 6.45) is 1.84. The first-order valence-corrected chi connectivity index (χ1v) is 11.5. The lowest BCUT2D eigenvalue weighted by Gasteiger charge is -2.25. The summed E-state index contributed by atoms with van der Waals surface area (Å²) in [5.74, 6) is -0.172. The molecular formula is C19H23ClN2O3S2. The van der Waals surface area contributed by atoms with E-state index in [1.54, 1.807) is 38.2 Å². The van der Waals surface area contributed by atoms with Crippen LogP contribution in [-0.4, -0.2) is 31.3 Å². The van der Waals surface area contributed by atoms with Crippen molar-refractivity contribution >= 4 is 38.9 Å². The van der Waals surface area contributed by atoms with Crippen LogP contribution in [0.4, 0.5) is 0 Å². The summed E-state index contributed by atoms with van der Waals surface area (Å²) >= 11 is 7.77. The normalized spacial score (nSPS) is 18.1. The van der Waals surface area contributed by atoms with Gasteiger partial charge in [0.15, 0.2) is 0 Å². The highest BCUT2D eigenvalue weighted by molar-refractivity contribution is 7.89. The van der Waals surface area contributed by atoms with Gasteiger partial charge in [-0.15, -0.1) is 11.3 Å². The minimum Gasteiger partial charge on any atom is -0.331 e. The zero-order valence-electron chi connectivity index (χ0n) is 15.5. The van der Waals surface area contributed by atoms with Gasteiger partial charge in [0.25, 0.3) is 5.91 Å². The number of nitrogens with one attached hydrogen (secondary N) is 1. The van der Waals surface area contributed by atoms with E-state index < -0.39 is 15.6 Å². The third-order valence-electron chi connectivity index (χ3n) is 4.29. The van der Waals surface area contributed by atoms with E-state index in [0.29, 0.717) is 12.1 Å². The summed E-state index contributed by atoms with van der Waals surface area (Å²) in [5, 5.41) is 2.10. The predicted octanol–water partition coefficient (Wildman–Crippen LogP) is 4.46. The molecule has 0 bridgehead atoms. The van der Waals surface area contributed by atoms with E-state index in [1.807, 2.05) is 22.4 Å². The van der Waals surface area contributed by atoms with Crippen LogP contribution in [0.5, 0.6) is 0 Å². The molecular weight excluding hydrogens is 404 g/mol. The molecule has 1 unspecified atom stereocenters. The molecule has 5 nitrogen and oxygen atoms in total. The molecule has 0 radical (unpaired) electrons. The molecule has 3 rings (SSSR count). The molecule has 1 aromatic carbocycles. The van der Waals surface area contributed by atoms with E-state index in [-0.39, 0.29) is 21.9 Å². The van der Waals surface area contributed by atoms with Crippen molar-refractivity contribution in [3.63, 3.8) is 0 Å². The first-order chi connectivity index (χ1) is 12.6. The number of halogens is 1. The van der Waals surface area contributed by atoms with Crippen LogP contribution in [0.15, 0.2) is 40.6 Å². The Balaban J connectivity index is 1.93. The Morgan fingerprint density at radius 1 is 1.30 bits per heavy atom. The second-order valence-corrected chi connectivity index (χ2v) is 10.7. The molecule has 2 aromatic rings. The van der Waals surface area contributed by atoms with Crippen molar-refractivity contribution in [2.45, 2.75) is 50.1 Å². The Hall–Kier alpha value is -1.41.